The van der Waals surface area contributed by atoms with Crippen molar-refractivity contribution < 1.29 is 5.11 Å². The first-order valence-corrected chi connectivity index (χ1v) is 7.52. The molecule has 2 rings (SSSR count). The Morgan fingerprint density at radius 1 is 1.06 bits per heavy atom. The van der Waals surface area contributed by atoms with Gasteiger partial charge in [-0.3, -0.25) is 0 Å². The molecule has 1 aliphatic carbocycles. The molecule has 0 unspecified atom stereocenters. The van der Waals surface area contributed by atoms with Gasteiger partial charge in [0.25, 0.3) is 0 Å². The summed E-state index contributed by atoms with van der Waals surface area (Å²) in [4.78, 5) is 2.37. The van der Waals surface area contributed by atoms with Crippen molar-refractivity contribution in [3.63, 3.8) is 0 Å². The van der Waals surface area contributed by atoms with Gasteiger partial charge in [0, 0.05) is 13.1 Å². The molecule has 0 bridgehead atoms. The van der Waals surface area contributed by atoms with Crippen molar-refractivity contribution in [1.82, 2.24) is 4.90 Å². The van der Waals surface area contributed by atoms with Crippen molar-refractivity contribution in [2.75, 3.05) is 19.6 Å². The van der Waals surface area contributed by atoms with E-state index in [0.717, 1.165) is 58.2 Å². The Balaban J connectivity index is 2.13. The molecule has 1 N–H and O–H groups in total. The minimum absolute atomic E-state index is 0.469. The highest BCUT2D eigenvalue weighted by atomic mass is 16.3. The highest BCUT2D eigenvalue weighted by Gasteiger charge is 2.51. The van der Waals surface area contributed by atoms with Gasteiger partial charge in [0.2, 0.25) is 0 Å². The minimum atomic E-state index is -0.738. The monoisotopic (exact) mass is 250 g/mol. The van der Waals surface area contributed by atoms with Crippen LogP contribution in [0.25, 0.3) is 0 Å². The second-order valence-electron chi connectivity index (χ2n) is 6.07. The Kier molecular flexibility index (Phi) is 4.29. The molecule has 0 amide bonds. The van der Waals surface area contributed by atoms with Gasteiger partial charge < -0.3 is 10.0 Å². The Hall–Kier alpha value is -0.590. The van der Waals surface area contributed by atoms with E-state index in [1.165, 1.54) is 12.8 Å². The third-order valence-electron chi connectivity index (χ3n) is 5.19. The van der Waals surface area contributed by atoms with Crippen LogP contribution < -0.4 is 0 Å². The molecule has 0 atom stereocenters. The normalized spacial score (nSPS) is 28.3. The summed E-state index contributed by atoms with van der Waals surface area (Å²) in [5, 5.41) is 20.7. The summed E-state index contributed by atoms with van der Waals surface area (Å²) in [7, 11) is 0. The Labute approximate surface area is 111 Å². The first kappa shape index (κ1) is 13.8. The van der Waals surface area contributed by atoms with E-state index < -0.39 is 11.0 Å². The Morgan fingerprint density at radius 3 is 2.06 bits per heavy atom. The van der Waals surface area contributed by atoms with E-state index in [9.17, 15) is 10.4 Å². The molecule has 2 fully saturated rings. The fourth-order valence-corrected chi connectivity index (χ4v) is 3.73. The second-order valence-corrected chi connectivity index (χ2v) is 6.07. The van der Waals surface area contributed by atoms with Crippen LogP contribution in [0.2, 0.25) is 0 Å². The first-order valence-electron chi connectivity index (χ1n) is 7.52. The molecule has 1 saturated carbocycles. The number of piperidine rings is 1. The largest absolute Gasteiger partial charge is 0.388 e. The maximum Gasteiger partial charge on any atom is 0.0861 e. The summed E-state index contributed by atoms with van der Waals surface area (Å²) in [6, 6.07) is 2.53. The topological polar surface area (TPSA) is 47.3 Å². The summed E-state index contributed by atoms with van der Waals surface area (Å²) >= 11 is 0. The van der Waals surface area contributed by atoms with Crippen LogP contribution in [0.4, 0.5) is 0 Å². The molecule has 3 heteroatoms. The number of nitrogens with zero attached hydrogens (tertiary/aromatic N) is 2. The van der Waals surface area contributed by atoms with E-state index in [-0.39, 0.29) is 0 Å². The molecule has 1 aliphatic heterocycles. The lowest BCUT2D eigenvalue weighted by Crippen LogP contribution is -2.54. The lowest BCUT2D eigenvalue weighted by Gasteiger charge is -2.47. The van der Waals surface area contributed by atoms with Gasteiger partial charge >= 0.3 is 0 Å². The zero-order valence-corrected chi connectivity index (χ0v) is 11.6. The highest BCUT2D eigenvalue weighted by Crippen LogP contribution is 2.48. The van der Waals surface area contributed by atoms with Crippen LogP contribution in [-0.4, -0.2) is 35.2 Å². The molecule has 0 aromatic heterocycles. The van der Waals surface area contributed by atoms with Gasteiger partial charge in [-0.2, -0.15) is 5.26 Å². The van der Waals surface area contributed by atoms with Crippen LogP contribution in [0.15, 0.2) is 0 Å². The average Bonchev–Trinajstić information content (AvgIpc) is 2.66. The van der Waals surface area contributed by atoms with Gasteiger partial charge in [-0.1, -0.05) is 32.6 Å². The Bertz CT molecular complexity index is 305. The van der Waals surface area contributed by atoms with E-state index in [2.05, 4.69) is 17.9 Å². The molecule has 0 aromatic rings. The summed E-state index contributed by atoms with van der Waals surface area (Å²) in [5.74, 6) is 0. The number of hydrogen-bond donors (Lipinski definition) is 1. The highest BCUT2D eigenvalue weighted by molar-refractivity contribution is 5.13. The van der Waals surface area contributed by atoms with Crippen LogP contribution in [-0.2, 0) is 0 Å². The van der Waals surface area contributed by atoms with Gasteiger partial charge in [0.15, 0.2) is 0 Å². The molecule has 0 radical (unpaired) electrons. The number of aliphatic hydroxyl groups is 1. The van der Waals surface area contributed by atoms with Crippen LogP contribution in [0, 0.1) is 16.7 Å². The van der Waals surface area contributed by atoms with Crippen molar-refractivity contribution in [2.24, 2.45) is 5.41 Å². The number of likely N-dealkylation sites (tertiary alicyclic amines) is 1. The minimum Gasteiger partial charge on any atom is -0.388 e. The van der Waals surface area contributed by atoms with Crippen molar-refractivity contribution in [1.29, 1.82) is 5.26 Å². The third-order valence-corrected chi connectivity index (χ3v) is 5.19. The van der Waals surface area contributed by atoms with E-state index in [1.54, 1.807) is 0 Å². The first-order chi connectivity index (χ1) is 8.66. The summed E-state index contributed by atoms with van der Waals surface area (Å²) in [5.41, 5.74) is -1.21. The van der Waals surface area contributed by atoms with Crippen molar-refractivity contribution >= 4 is 0 Å². The molecule has 2 aliphatic rings. The van der Waals surface area contributed by atoms with E-state index >= 15 is 0 Å². The third kappa shape index (κ3) is 2.41. The lowest BCUT2D eigenvalue weighted by atomic mass is 9.64. The van der Waals surface area contributed by atoms with E-state index in [4.69, 9.17) is 0 Å². The fraction of sp³-hybridized carbons (Fsp3) is 0.933. The maximum absolute atomic E-state index is 11.0. The molecule has 0 spiro atoms. The fourth-order valence-electron chi connectivity index (χ4n) is 3.73. The van der Waals surface area contributed by atoms with Crippen LogP contribution in [0.5, 0.6) is 0 Å². The summed E-state index contributed by atoms with van der Waals surface area (Å²) in [6.45, 7) is 5.10. The zero-order chi connectivity index (χ0) is 13.1. The molecule has 3 nitrogen and oxygen atoms in total. The predicted molar refractivity (Wildman–Crippen MR) is 72.0 cm³/mol. The molecular weight excluding hydrogens is 224 g/mol. The van der Waals surface area contributed by atoms with E-state index in [0.29, 0.717) is 0 Å². The lowest BCUT2D eigenvalue weighted by molar-refractivity contribution is -0.102. The van der Waals surface area contributed by atoms with Crippen LogP contribution in [0.1, 0.15) is 58.3 Å². The van der Waals surface area contributed by atoms with Gasteiger partial charge in [-0.25, -0.2) is 0 Å². The quantitative estimate of drug-likeness (QED) is 0.767. The van der Waals surface area contributed by atoms with Crippen molar-refractivity contribution in [3.05, 3.63) is 0 Å². The van der Waals surface area contributed by atoms with Crippen LogP contribution in [0.3, 0.4) is 0 Å². The molecule has 18 heavy (non-hydrogen) atoms. The summed E-state index contributed by atoms with van der Waals surface area (Å²) in [6.07, 6.45) is 7.99. The molecule has 1 heterocycles. The SMILES string of the molecule is CCN1CCC(O)(C2(C#N)CCCCCC2)CC1. The van der Waals surface area contributed by atoms with E-state index in [1.807, 2.05) is 0 Å². The Morgan fingerprint density at radius 2 is 1.61 bits per heavy atom. The number of nitriles is 1. The number of rotatable bonds is 2. The summed E-state index contributed by atoms with van der Waals surface area (Å²) < 4.78 is 0. The molecule has 1 saturated heterocycles. The number of hydrogen-bond acceptors (Lipinski definition) is 3. The van der Waals surface area contributed by atoms with Crippen LogP contribution >= 0.6 is 0 Å². The smallest absolute Gasteiger partial charge is 0.0861 e. The molecular formula is C15H26N2O. The van der Waals surface area contributed by atoms with Gasteiger partial charge in [-0.15, -0.1) is 0 Å². The van der Waals surface area contributed by atoms with Gasteiger partial charge in [0.1, 0.15) is 0 Å². The van der Waals surface area contributed by atoms with Crippen molar-refractivity contribution in [3.8, 4) is 6.07 Å². The van der Waals surface area contributed by atoms with Gasteiger partial charge in [0.05, 0.1) is 17.1 Å². The standard InChI is InChI=1S/C15H26N2O/c1-2-17-11-9-15(18,10-12-17)14(13-16)7-5-3-4-6-8-14/h18H,2-12H2,1H3. The maximum atomic E-state index is 11.0. The predicted octanol–water partition coefficient (Wildman–Crippen LogP) is 2.70. The molecule has 0 aromatic carbocycles. The zero-order valence-electron chi connectivity index (χ0n) is 11.6. The van der Waals surface area contributed by atoms with Crippen molar-refractivity contribution in [2.45, 2.75) is 63.9 Å². The van der Waals surface area contributed by atoms with Gasteiger partial charge in [-0.05, 0) is 32.2 Å². The molecule has 102 valence electrons. The average molecular weight is 250 g/mol. The second kappa shape index (κ2) is 5.59.